The van der Waals surface area contributed by atoms with Gasteiger partial charge in [-0.05, 0) is 55.2 Å². The van der Waals surface area contributed by atoms with E-state index in [-0.39, 0.29) is 42.0 Å². The summed E-state index contributed by atoms with van der Waals surface area (Å²) in [5.41, 5.74) is -0.619. The van der Waals surface area contributed by atoms with E-state index in [4.69, 9.17) is 4.74 Å². The molecule has 1 saturated carbocycles. The molecule has 1 fully saturated rings. The van der Waals surface area contributed by atoms with Gasteiger partial charge in [-0.15, -0.1) is 0 Å². The van der Waals surface area contributed by atoms with Crippen LogP contribution >= 0.6 is 0 Å². The fourth-order valence-electron chi connectivity index (χ4n) is 3.27. The molecule has 3 rings (SSSR count). The molecule has 168 valence electrons. The molecule has 1 aliphatic rings. The Labute approximate surface area is 179 Å². The van der Waals surface area contributed by atoms with Crippen molar-refractivity contribution in [3.63, 3.8) is 0 Å². The van der Waals surface area contributed by atoms with Gasteiger partial charge in [0.15, 0.2) is 9.84 Å². The molecule has 0 saturated heterocycles. The minimum Gasteiger partial charge on any atom is -0.494 e. The highest BCUT2D eigenvalue weighted by Gasteiger charge is 2.36. The van der Waals surface area contributed by atoms with Crippen molar-refractivity contribution in [2.45, 2.75) is 49.3 Å². The summed E-state index contributed by atoms with van der Waals surface area (Å²) < 4.78 is 68.3. The minimum atomic E-state index is -4.46. The van der Waals surface area contributed by atoms with E-state index in [1.54, 1.807) is 18.2 Å². The lowest BCUT2D eigenvalue weighted by Gasteiger charge is -2.24. The molecule has 0 bridgehead atoms. The van der Waals surface area contributed by atoms with Gasteiger partial charge in [-0.1, -0.05) is 18.2 Å². The van der Waals surface area contributed by atoms with Crippen molar-refractivity contribution in [1.29, 1.82) is 0 Å². The second-order valence-electron chi connectivity index (χ2n) is 7.60. The third-order valence-corrected chi connectivity index (χ3v) is 6.16. The van der Waals surface area contributed by atoms with E-state index in [0.29, 0.717) is 12.2 Å². The molecule has 9 heteroatoms. The number of carbonyl (C=O) groups is 1. The van der Waals surface area contributed by atoms with Crippen LogP contribution in [0.4, 0.5) is 13.2 Å². The van der Waals surface area contributed by atoms with E-state index >= 15 is 0 Å². The quantitative estimate of drug-likeness (QED) is 0.524. The number of halogens is 3. The predicted molar refractivity (Wildman–Crippen MR) is 109 cm³/mol. The number of nitrogens with zero attached hydrogens (tertiary/aromatic N) is 1. The van der Waals surface area contributed by atoms with E-state index in [9.17, 15) is 26.4 Å². The molecule has 0 unspecified atom stereocenters. The second-order valence-corrected chi connectivity index (χ2v) is 9.62. The van der Waals surface area contributed by atoms with Crippen molar-refractivity contribution in [1.82, 2.24) is 4.90 Å². The van der Waals surface area contributed by atoms with Crippen molar-refractivity contribution < 1.29 is 31.1 Å². The number of carbonyl (C=O) groups excluding carboxylic acids is 1. The fraction of sp³-hybridized carbons (Fsp3) is 0.409. The van der Waals surface area contributed by atoms with Gasteiger partial charge < -0.3 is 9.64 Å². The van der Waals surface area contributed by atoms with Crippen molar-refractivity contribution >= 4 is 15.7 Å². The van der Waals surface area contributed by atoms with Gasteiger partial charge >= 0.3 is 6.18 Å². The molecule has 0 heterocycles. The number of hydrogen-bond acceptors (Lipinski definition) is 4. The molecule has 0 atom stereocenters. The number of ether oxygens (including phenoxy) is 1. The average molecular weight is 455 g/mol. The maximum Gasteiger partial charge on any atom is 0.416 e. The van der Waals surface area contributed by atoms with Gasteiger partial charge in [-0.25, -0.2) is 8.42 Å². The molecule has 1 aliphatic carbocycles. The van der Waals surface area contributed by atoms with Gasteiger partial charge in [0.1, 0.15) is 5.75 Å². The van der Waals surface area contributed by atoms with E-state index < -0.39 is 21.6 Å². The van der Waals surface area contributed by atoms with Crippen molar-refractivity contribution in [3.8, 4) is 5.75 Å². The summed E-state index contributed by atoms with van der Waals surface area (Å²) in [7, 11) is -3.28. The number of rotatable bonds is 9. The first-order valence-corrected chi connectivity index (χ1v) is 11.8. The van der Waals surface area contributed by atoms with Crippen LogP contribution in [0.25, 0.3) is 0 Å². The fourth-order valence-corrected chi connectivity index (χ4v) is 3.90. The highest BCUT2D eigenvalue weighted by atomic mass is 32.2. The number of amides is 1. The second kappa shape index (κ2) is 9.30. The molecule has 2 aromatic carbocycles. The lowest BCUT2D eigenvalue weighted by molar-refractivity contribution is -0.140. The van der Waals surface area contributed by atoms with E-state index in [1.807, 2.05) is 0 Å². The molecule has 0 spiro atoms. The van der Waals surface area contributed by atoms with Crippen LogP contribution in [0, 0.1) is 0 Å². The Morgan fingerprint density at radius 1 is 1.10 bits per heavy atom. The average Bonchev–Trinajstić information content (AvgIpc) is 3.53. The number of alkyl halides is 3. The Morgan fingerprint density at radius 2 is 1.74 bits per heavy atom. The maximum absolute atomic E-state index is 13.3. The largest absolute Gasteiger partial charge is 0.494 e. The first kappa shape index (κ1) is 23.1. The zero-order valence-corrected chi connectivity index (χ0v) is 17.9. The maximum atomic E-state index is 13.3. The van der Waals surface area contributed by atoms with Crippen LogP contribution in [0.3, 0.4) is 0 Å². The third kappa shape index (κ3) is 6.46. The molecular weight excluding hydrogens is 431 g/mol. The van der Waals surface area contributed by atoms with Gasteiger partial charge in [0, 0.05) is 25.3 Å². The molecule has 31 heavy (non-hydrogen) atoms. The standard InChI is InChI=1S/C22H24F3NO4S/c1-31(28,29)19-12-10-18(11-13-19)30-14-4-7-21(27)26(17-8-9-17)15-16-5-2-3-6-20(16)22(23,24)25/h2-3,5-6,10-13,17H,4,7-9,14-15H2,1H3. The summed E-state index contributed by atoms with van der Waals surface area (Å²) in [4.78, 5) is 14.4. The van der Waals surface area contributed by atoms with Crippen LogP contribution in [-0.4, -0.2) is 38.1 Å². The highest BCUT2D eigenvalue weighted by molar-refractivity contribution is 7.90. The smallest absolute Gasteiger partial charge is 0.416 e. The lowest BCUT2D eigenvalue weighted by Crippen LogP contribution is -2.33. The first-order valence-electron chi connectivity index (χ1n) is 9.93. The summed E-state index contributed by atoms with van der Waals surface area (Å²) >= 11 is 0. The summed E-state index contributed by atoms with van der Waals surface area (Å²) in [6, 6.07) is 11.3. The van der Waals surface area contributed by atoms with Gasteiger partial charge in [0.25, 0.3) is 0 Å². The monoisotopic (exact) mass is 455 g/mol. The van der Waals surface area contributed by atoms with Crippen molar-refractivity contribution in [2.75, 3.05) is 12.9 Å². The van der Waals surface area contributed by atoms with Crippen LogP contribution in [0.1, 0.15) is 36.8 Å². The zero-order chi connectivity index (χ0) is 22.6. The van der Waals surface area contributed by atoms with Crippen LogP contribution in [0.5, 0.6) is 5.75 Å². The molecule has 5 nitrogen and oxygen atoms in total. The third-order valence-electron chi connectivity index (χ3n) is 5.03. The SMILES string of the molecule is CS(=O)(=O)c1ccc(OCCCC(=O)N(Cc2ccccc2C(F)(F)F)C2CC2)cc1. The molecule has 0 N–H and O–H groups in total. The Kier molecular flexibility index (Phi) is 6.93. The Morgan fingerprint density at radius 3 is 2.32 bits per heavy atom. The van der Waals surface area contributed by atoms with Crippen molar-refractivity contribution in [3.05, 3.63) is 59.7 Å². The first-order chi connectivity index (χ1) is 14.6. The molecule has 2 aromatic rings. The van der Waals surface area contributed by atoms with Gasteiger partial charge in [0.05, 0.1) is 17.1 Å². The minimum absolute atomic E-state index is 0.0155. The molecular formula is C22H24F3NO4S. The molecule has 0 radical (unpaired) electrons. The summed E-state index contributed by atoms with van der Waals surface area (Å²) in [6.07, 6.45) is -1.20. The topological polar surface area (TPSA) is 63.7 Å². The lowest BCUT2D eigenvalue weighted by atomic mass is 10.1. The Bertz CT molecular complexity index is 1020. The molecule has 0 aliphatic heterocycles. The molecule has 1 amide bonds. The van der Waals surface area contributed by atoms with E-state index in [0.717, 1.165) is 25.2 Å². The van der Waals surface area contributed by atoms with Gasteiger partial charge in [0.2, 0.25) is 5.91 Å². The van der Waals surface area contributed by atoms with E-state index in [2.05, 4.69) is 0 Å². The Hall–Kier alpha value is -2.55. The predicted octanol–water partition coefficient (Wildman–Crippen LogP) is 4.46. The van der Waals surface area contributed by atoms with Gasteiger partial charge in [-0.2, -0.15) is 13.2 Å². The number of benzene rings is 2. The van der Waals surface area contributed by atoms with Crippen LogP contribution < -0.4 is 4.74 Å². The Balaban J connectivity index is 1.54. The summed E-state index contributed by atoms with van der Waals surface area (Å²) in [5.74, 6) is 0.286. The summed E-state index contributed by atoms with van der Waals surface area (Å²) in [6.45, 7) is 0.175. The van der Waals surface area contributed by atoms with E-state index in [1.165, 1.54) is 29.2 Å². The highest BCUT2D eigenvalue weighted by Crippen LogP contribution is 2.35. The van der Waals surface area contributed by atoms with Crippen LogP contribution in [0.2, 0.25) is 0 Å². The summed E-state index contributed by atoms with van der Waals surface area (Å²) in [5, 5.41) is 0. The van der Waals surface area contributed by atoms with Crippen LogP contribution in [0.15, 0.2) is 53.4 Å². The van der Waals surface area contributed by atoms with Crippen LogP contribution in [-0.2, 0) is 27.4 Å². The molecule has 0 aromatic heterocycles. The normalized spacial score (nSPS) is 14.3. The van der Waals surface area contributed by atoms with Gasteiger partial charge in [-0.3, -0.25) is 4.79 Å². The number of sulfone groups is 1. The zero-order valence-electron chi connectivity index (χ0n) is 17.1. The van der Waals surface area contributed by atoms with Crippen molar-refractivity contribution in [2.24, 2.45) is 0 Å². The number of hydrogen-bond donors (Lipinski definition) is 0.